The fraction of sp³-hybridized carbons (Fsp3) is 0.231. The van der Waals surface area contributed by atoms with Gasteiger partial charge < -0.3 is 14.4 Å². The maximum absolute atomic E-state index is 13.7. The fourth-order valence-electron chi connectivity index (χ4n) is 2.11. The molecule has 22 heavy (non-hydrogen) atoms. The minimum absolute atomic E-state index is 0.434. The van der Waals surface area contributed by atoms with Crippen LogP contribution in [0.25, 0.3) is 10.9 Å². The number of benzene rings is 1. The van der Waals surface area contributed by atoms with Crippen LogP contribution < -0.4 is 10.2 Å². The quantitative estimate of drug-likeness (QED) is 0.878. The molecule has 0 aliphatic rings. The Hall–Kier alpha value is -2.58. The van der Waals surface area contributed by atoms with E-state index in [1.54, 1.807) is 0 Å². The number of halogens is 4. The normalized spacial score (nSPS) is 11.2. The number of aromatic carboxylic acids is 1. The predicted molar refractivity (Wildman–Crippen MR) is 67.6 cm³/mol. The lowest BCUT2D eigenvalue weighted by Crippen LogP contribution is -2.21. The first-order valence-electron chi connectivity index (χ1n) is 5.88. The Morgan fingerprint density at radius 3 is 2.55 bits per heavy atom. The zero-order chi connectivity index (χ0) is 16.6. The van der Waals surface area contributed by atoms with E-state index in [-0.39, 0.29) is 0 Å². The van der Waals surface area contributed by atoms with Gasteiger partial charge in [-0.1, -0.05) is 0 Å². The lowest BCUT2D eigenvalue weighted by Gasteiger charge is -2.15. The van der Waals surface area contributed by atoms with Gasteiger partial charge in [0.2, 0.25) is 11.2 Å². The number of hydrogen-bond donors (Lipinski definition) is 1. The van der Waals surface area contributed by atoms with Crippen LogP contribution in [0.1, 0.15) is 10.4 Å². The number of aromatic nitrogens is 1. The van der Waals surface area contributed by atoms with Crippen molar-refractivity contribution in [3.8, 4) is 5.75 Å². The summed E-state index contributed by atoms with van der Waals surface area (Å²) in [4.78, 5) is 23.0. The van der Waals surface area contributed by atoms with Crippen LogP contribution in [0.15, 0.2) is 17.1 Å². The molecule has 0 bridgehead atoms. The highest BCUT2D eigenvalue weighted by atomic mass is 19.3. The molecule has 0 aliphatic heterocycles. The van der Waals surface area contributed by atoms with Crippen molar-refractivity contribution in [1.29, 1.82) is 0 Å². The molecule has 0 amide bonds. The maximum atomic E-state index is 13.7. The summed E-state index contributed by atoms with van der Waals surface area (Å²) in [5, 5.41) is 8.38. The van der Waals surface area contributed by atoms with Crippen LogP contribution in [0.3, 0.4) is 0 Å². The second-order valence-electron chi connectivity index (χ2n) is 4.32. The van der Waals surface area contributed by atoms with Gasteiger partial charge in [0.05, 0.1) is 24.6 Å². The molecule has 0 aliphatic carbocycles. The molecular weight excluding hydrogens is 310 g/mol. The molecule has 0 radical (unpaired) electrons. The average molecular weight is 319 g/mol. The number of alkyl halides is 2. The minimum atomic E-state index is -2.91. The molecule has 0 saturated heterocycles. The van der Waals surface area contributed by atoms with Crippen molar-refractivity contribution in [2.24, 2.45) is 0 Å². The van der Waals surface area contributed by atoms with E-state index in [0.717, 1.165) is 7.11 Å². The van der Waals surface area contributed by atoms with Gasteiger partial charge in [0.15, 0.2) is 11.6 Å². The van der Waals surface area contributed by atoms with Gasteiger partial charge in [-0.15, -0.1) is 0 Å². The van der Waals surface area contributed by atoms with Crippen molar-refractivity contribution in [2.45, 2.75) is 13.0 Å². The molecule has 0 saturated carbocycles. The molecule has 0 fully saturated rings. The number of hydrogen-bond acceptors (Lipinski definition) is 3. The molecule has 1 heterocycles. The fourth-order valence-corrected chi connectivity index (χ4v) is 2.11. The summed E-state index contributed by atoms with van der Waals surface area (Å²) in [5.41, 5.74) is -2.39. The third-order valence-electron chi connectivity index (χ3n) is 2.98. The Labute approximate surface area is 120 Å². The molecule has 9 heteroatoms. The molecule has 1 aromatic carbocycles. The first kappa shape index (κ1) is 15.8. The van der Waals surface area contributed by atoms with Gasteiger partial charge in [-0.3, -0.25) is 4.79 Å². The Balaban J connectivity index is 3.02. The first-order chi connectivity index (χ1) is 10.3. The van der Waals surface area contributed by atoms with E-state index in [1.807, 2.05) is 0 Å². The lowest BCUT2D eigenvalue weighted by atomic mass is 10.1. The number of rotatable bonds is 4. The summed E-state index contributed by atoms with van der Waals surface area (Å²) in [7, 11) is 0.972. The van der Waals surface area contributed by atoms with E-state index < -0.39 is 58.2 Å². The van der Waals surface area contributed by atoms with E-state index >= 15 is 0 Å². The van der Waals surface area contributed by atoms with Crippen LogP contribution >= 0.6 is 0 Å². The van der Waals surface area contributed by atoms with Gasteiger partial charge in [0, 0.05) is 6.20 Å². The van der Waals surface area contributed by atoms with Crippen LogP contribution in [0.4, 0.5) is 17.6 Å². The molecule has 1 aromatic heterocycles. The first-order valence-corrected chi connectivity index (χ1v) is 5.88. The highest BCUT2D eigenvalue weighted by Crippen LogP contribution is 2.30. The molecular formula is C13H9F4NO4. The van der Waals surface area contributed by atoms with Gasteiger partial charge in [-0.05, 0) is 6.07 Å². The monoisotopic (exact) mass is 319 g/mol. The van der Waals surface area contributed by atoms with Crippen LogP contribution in [0, 0.1) is 11.6 Å². The molecule has 5 nitrogen and oxygen atoms in total. The van der Waals surface area contributed by atoms with Crippen LogP contribution in [-0.4, -0.2) is 29.2 Å². The summed E-state index contributed by atoms with van der Waals surface area (Å²) >= 11 is 0. The van der Waals surface area contributed by atoms with Crippen LogP contribution in [-0.2, 0) is 6.54 Å². The van der Waals surface area contributed by atoms with Crippen LogP contribution in [0.5, 0.6) is 5.75 Å². The van der Waals surface area contributed by atoms with Gasteiger partial charge in [0.25, 0.3) is 6.43 Å². The summed E-state index contributed by atoms with van der Waals surface area (Å²) in [6.45, 7) is -1.02. The van der Waals surface area contributed by atoms with E-state index in [2.05, 4.69) is 4.74 Å². The summed E-state index contributed by atoms with van der Waals surface area (Å²) < 4.78 is 57.8. The molecule has 0 spiro atoms. The number of pyridine rings is 1. The van der Waals surface area contributed by atoms with Gasteiger partial charge in [-0.2, -0.15) is 4.39 Å². The molecule has 2 aromatic rings. The van der Waals surface area contributed by atoms with E-state index in [1.165, 1.54) is 0 Å². The van der Waals surface area contributed by atoms with Crippen molar-refractivity contribution in [3.63, 3.8) is 0 Å². The van der Waals surface area contributed by atoms with Gasteiger partial charge in [-0.25, -0.2) is 18.0 Å². The third-order valence-corrected chi connectivity index (χ3v) is 2.98. The van der Waals surface area contributed by atoms with Gasteiger partial charge in [0.1, 0.15) is 5.56 Å². The van der Waals surface area contributed by atoms with E-state index in [9.17, 15) is 27.2 Å². The number of carboxylic acids is 1. The smallest absolute Gasteiger partial charge is 0.341 e. The Bertz CT molecular complexity index is 816. The van der Waals surface area contributed by atoms with Gasteiger partial charge >= 0.3 is 5.97 Å². The summed E-state index contributed by atoms with van der Waals surface area (Å²) in [6, 6.07) is 0.462. The largest absolute Gasteiger partial charge is 0.491 e. The number of carboxylic acid groups (broad SMARTS) is 1. The topological polar surface area (TPSA) is 68.5 Å². The Morgan fingerprint density at radius 1 is 1.41 bits per heavy atom. The van der Waals surface area contributed by atoms with Crippen molar-refractivity contribution < 1.29 is 32.2 Å². The van der Waals surface area contributed by atoms with Crippen molar-refractivity contribution in [3.05, 3.63) is 39.7 Å². The number of carbonyl (C=O) groups is 1. The Kier molecular flexibility index (Phi) is 4.07. The number of fused-ring (bicyclic) bond motifs is 1. The maximum Gasteiger partial charge on any atom is 0.341 e. The molecule has 118 valence electrons. The zero-order valence-corrected chi connectivity index (χ0v) is 11.1. The SMILES string of the molecule is COc1c(F)c(F)cc2c(=O)c(C(=O)O)cn(CC(F)F)c12. The standard InChI is InChI=1S/C13H9F4NO4/c1-22-12-9(17)7(14)2-5-10(12)18(4-8(15)16)3-6(11(5)19)13(20)21/h2-3,8H,4H2,1H3,(H,20,21). The minimum Gasteiger partial charge on any atom is -0.491 e. The van der Waals surface area contributed by atoms with Crippen molar-refractivity contribution in [2.75, 3.05) is 7.11 Å². The number of ether oxygens (including phenoxy) is 1. The zero-order valence-electron chi connectivity index (χ0n) is 11.1. The second-order valence-corrected chi connectivity index (χ2v) is 4.32. The Morgan fingerprint density at radius 2 is 2.05 bits per heavy atom. The average Bonchev–Trinajstić information content (AvgIpc) is 2.43. The molecule has 0 atom stereocenters. The number of nitrogens with zero attached hydrogens (tertiary/aromatic N) is 1. The lowest BCUT2D eigenvalue weighted by molar-refractivity contribution is 0.0693. The highest BCUT2D eigenvalue weighted by Gasteiger charge is 2.23. The second kappa shape index (κ2) is 5.66. The highest BCUT2D eigenvalue weighted by molar-refractivity contribution is 5.94. The number of methoxy groups -OCH3 is 1. The van der Waals surface area contributed by atoms with E-state index in [0.29, 0.717) is 16.8 Å². The summed E-state index contributed by atoms with van der Waals surface area (Å²) in [5.74, 6) is -5.32. The molecule has 2 rings (SSSR count). The summed E-state index contributed by atoms with van der Waals surface area (Å²) in [6.07, 6.45) is -2.26. The molecule has 0 unspecified atom stereocenters. The van der Waals surface area contributed by atoms with Crippen LogP contribution in [0.2, 0.25) is 0 Å². The third kappa shape index (κ3) is 2.49. The molecule has 1 N–H and O–H groups in total. The predicted octanol–water partition coefficient (Wildman–Crippen LogP) is 2.25. The van der Waals surface area contributed by atoms with Crippen molar-refractivity contribution >= 4 is 16.9 Å². The van der Waals surface area contributed by atoms with E-state index in [4.69, 9.17) is 5.11 Å². The van der Waals surface area contributed by atoms with Crippen molar-refractivity contribution in [1.82, 2.24) is 4.57 Å².